The van der Waals surface area contributed by atoms with Crippen molar-refractivity contribution in [3.63, 3.8) is 0 Å². The zero-order valence-electron chi connectivity index (χ0n) is 13.9. The van der Waals surface area contributed by atoms with Crippen LogP contribution in [0.5, 0.6) is 0 Å². The molecule has 0 radical (unpaired) electrons. The first kappa shape index (κ1) is 18.1. The van der Waals surface area contributed by atoms with E-state index in [1.165, 1.54) is 12.1 Å². The van der Waals surface area contributed by atoms with Gasteiger partial charge in [0.05, 0.1) is 11.6 Å². The smallest absolute Gasteiger partial charge is 0.254 e. The molecule has 1 atom stereocenters. The Bertz CT molecular complexity index is 672. The standard InChI is InChI=1S/C19H22F2N2O/c1-3-23(4-2)17(14-9-6-5-7-10-14)13-22-19(24)15-11-8-12-16(20)18(15)21/h5-12,17H,3-4,13H2,1-2H3,(H,22,24). The van der Waals surface area contributed by atoms with E-state index in [1.807, 2.05) is 44.2 Å². The lowest BCUT2D eigenvalue weighted by atomic mass is 10.0. The minimum Gasteiger partial charge on any atom is -0.350 e. The van der Waals surface area contributed by atoms with Gasteiger partial charge < -0.3 is 5.32 Å². The van der Waals surface area contributed by atoms with Gasteiger partial charge in [-0.15, -0.1) is 0 Å². The molecule has 3 nitrogen and oxygen atoms in total. The highest BCUT2D eigenvalue weighted by Gasteiger charge is 2.20. The van der Waals surface area contributed by atoms with E-state index in [0.29, 0.717) is 6.54 Å². The van der Waals surface area contributed by atoms with Crippen LogP contribution in [0.3, 0.4) is 0 Å². The summed E-state index contributed by atoms with van der Waals surface area (Å²) >= 11 is 0. The van der Waals surface area contributed by atoms with Gasteiger partial charge in [0.1, 0.15) is 0 Å². The number of hydrogen-bond donors (Lipinski definition) is 1. The third-order valence-electron chi connectivity index (χ3n) is 4.09. The van der Waals surface area contributed by atoms with Crippen molar-refractivity contribution in [1.29, 1.82) is 0 Å². The molecule has 0 aliphatic carbocycles. The molecule has 0 saturated heterocycles. The summed E-state index contributed by atoms with van der Waals surface area (Å²) in [5.74, 6) is -2.75. The summed E-state index contributed by atoms with van der Waals surface area (Å²) in [6.45, 7) is 6.06. The average Bonchev–Trinajstić information content (AvgIpc) is 2.61. The molecule has 0 aromatic heterocycles. The molecular formula is C19H22F2N2O. The van der Waals surface area contributed by atoms with E-state index in [2.05, 4.69) is 10.2 Å². The van der Waals surface area contributed by atoms with Gasteiger partial charge in [-0.25, -0.2) is 8.78 Å². The Balaban J connectivity index is 2.15. The number of carbonyl (C=O) groups excluding carboxylic acids is 1. The molecule has 5 heteroatoms. The van der Waals surface area contributed by atoms with Crippen LogP contribution in [0, 0.1) is 11.6 Å². The molecule has 1 N–H and O–H groups in total. The summed E-state index contributed by atoms with van der Waals surface area (Å²) in [7, 11) is 0. The molecule has 1 unspecified atom stereocenters. The van der Waals surface area contributed by atoms with Crippen LogP contribution in [0.25, 0.3) is 0 Å². The van der Waals surface area contributed by atoms with Crippen LogP contribution >= 0.6 is 0 Å². The molecule has 2 aromatic rings. The molecule has 0 spiro atoms. The van der Waals surface area contributed by atoms with Crippen molar-refractivity contribution in [2.75, 3.05) is 19.6 Å². The number of benzene rings is 2. The third-order valence-corrected chi connectivity index (χ3v) is 4.09. The highest BCUT2D eigenvalue weighted by atomic mass is 19.2. The van der Waals surface area contributed by atoms with Crippen LogP contribution < -0.4 is 5.32 Å². The Morgan fingerprint density at radius 1 is 1.04 bits per heavy atom. The number of rotatable bonds is 7. The fourth-order valence-electron chi connectivity index (χ4n) is 2.76. The zero-order valence-corrected chi connectivity index (χ0v) is 13.9. The van der Waals surface area contributed by atoms with Crippen molar-refractivity contribution in [2.45, 2.75) is 19.9 Å². The van der Waals surface area contributed by atoms with Crippen LogP contribution in [0.1, 0.15) is 35.8 Å². The topological polar surface area (TPSA) is 32.3 Å². The van der Waals surface area contributed by atoms with Crippen molar-refractivity contribution >= 4 is 5.91 Å². The monoisotopic (exact) mass is 332 g/mol. The number of halogens is 2. The normalized spacial score (nSPS) is 12.2. The average molecular weight is 332 g/mol. The maximum atomic E-state index is 13.7. The predicted molar refractivity (Wildman–Crippen MR) is 90.8 cm³/mol. The summed E-state index contributed by atoms with van der Waals surface area (Å²) in [5, 5.41) is 2.73. The molecule has 24 heavy (non-hydrogen) atoms. The quantitative estimate of drug-likeness (QED) is 0.837. The maximum Gasteiger partial charge on any atom is 0.254 e. The van der Waals surface area contributed by atoms with Crippen molar-refractivity contribution in [1.82, 2.24) is 10.2 Å². The number of amides is 1. The van der Waals surface area contributed by atoms with E-state index in [1.54, 1.807) is 0 Å². The predicted octanol–water partition coefficient (Wildman–Crippen LogP) is 3.78. The second-order valence-electron chi connectivity index (χ2n) is 5.46. The first-order chi connectivity index (χ1) is 11.6. The number of nitrogens with zero attached hydrogens (tertiary/aromatic N) is 1. The van der Waals surface area contributed by atoms with E-state index in [4.69, 9.17) is 0 Å². The summed E-state index contributed by atoms with van der Waals surface area (Å²) in [6.07, 6.45) is 0. The van der Waals surface area contributed by atoms with Crippen molar-refractivity contribution in [3.05, 3.63) is 71.3 Å². The number of hydrogen-bond acceptors (Lipinski definition) is 2. The van der Waals surface area contributed by atoms with Gasteiger partial charge in [0.2, 0.25) is 0 Å². The van der Waals surface area contributed by atoms with Gasteiger partial charge in [-0.3, -0.25) is 9.69 Å². The summed E-state index contributed by atoms with van der Waals surface area (Å²) in [4.78, 5) is 14.4. The van der Waals surface area contributed by atoms with Gasteiger partial charge >= 0.3 is 0 Å². The Labute approximate surface area is 141 Å². The molecule has 0 bridgehead atoms. The van der Waals surface area contributed by atoms with E-state index in [0.717, 1.165) is 24.7 Å². The molecule has 2 rings (SSSR count). The summed E-state index contributed by atoms with van der Waals surface area (Å²) in [6, 6.07) is 13.4. The molecule has 0 aliphatic rings. The van der Waals surface area contributed by atoms with Crippen molar-refractivity contribution in [3.8, 4) is 0 Å². The fraction of sp³-hybridized carbons (Fsp3) is 0.316. The van der Waals surface area contributed by atoms with E-state index in [9.17, 15) is 13.6 Å². The number of likely N-dealkylation sites (N-methyl/N-ethyl adjacent to an activating group) is 1. The SMILES string of the molecule is CCN(CC)C(CNC(=O)c1cccc(F)c1F)c1ccccc1. The van der Waals surface area contributed by atoms with Gasteiger partial charge in [0, 0.05) is 6.54 Å². The van der Waals surface area contributed by atoms with E-state index >= 15 is 0 Å². The molecule has 128 valence electrons. The van der Waals surface area contributed by atoms with Crippen molar-refractivity contribution < 1.29 is 13.6 Å². The molecular weight excluding hydrogens is 310 g/mol. The minimum absolute atomic E-state index is 0.0261. The minimum atomic E-state index is -1.12. The second kappa shape index (κ2) is 8.55. The van der Waals surface area contributed by atoms with Crippen LogP contribution in [-0.4, -0.2) is 30.4 Å². The lowest BCUT2D eigenvalue weighted by Gasteiger charge is -2.30. The zero-order chi connectivity index (χ0) is 17.5. The number of carbonyl (C=O) groups is 1. The molecule has 0 aliphatic heterocycles. The van der Waals surface area contributed by atoms with Gasteiger partial charge in [-0.2, -0.15) is 0 Å². The van der Waals surface area contributed by atoms with Gasteiger partial charge in [-0.05, 0) is 30.8 Å². The summed E-state index contributed by atoms with van der Waals surface area (Å²) in [5.41, 5.74) is 0.794. The molecule has 0 fully saturated rings. The van der Waals surface area contributed by atoms with Gasteiger partial charge in [-0.1, -0.05) is 50.2 Å². The molecule has 1 amide bonds. The third kappa shape index (κ3) is 4.17. The molecule has 0 saturated carbocycles. The Morgan fingerprint density at radius 2 is 1.71 bits per heavy atom. The highest BCUT2D eigenvalue weighted by molar-refractivity contribution is 5.94. The van der Waals surface area contributed by atoms with Crippen LogP contribution in [0.15, 0.2) is 48.5 Å². The van der Waals surface area contributed by atoms with Crippen LogP contribution in [0.2, 0.25) is 0 Å². The van der Waals surface area contributed by atoms with Crippen molar-refractivity contribution in [2.24, 2.45) is 0 Å². The Hall–Kier alpha value is -2.27. The van der Waals surface area contributed by atoms with E-state index in [-0.39, 0.29) is 11.6 Å². The molecule has 2 aromatic carbocycles. The van der Waals surface area contributed by atoms with Gasteiger partial charge in [0.25, 0.3) is 5.91 Å². The van der Waals surface area contributed by atoms with E-state index < -0.39 is 17.5 Å². The lowest BCUT2D eigenvalue weighted by molar-refractivity contribution is 0.0930. The van der Waals surface area contributed by atoms with Crippen LogP contribution in [-0.2, 0) is 0 Å². The van der Waals surface area contributed by atoms with Crippen LogP contribution in [0.4, 0.5) is 8.78 Å². The number of nitrogens with one attached hydrogen (secondary N) is 1. The highest BCUT2D eigenvalue weighted by Crippen LogP contribution is 2.20. The first-order valence-electron chi connectivity index (χ1n) is 8.09. The largest absolute Gasteiger partial charge is 0.350 e. The Kier molecular flexibility index (Phi) is 6.44. The summed E-state index contributed by atoms with van der Waals surface area (Å²) < 4.78 is 27.0. The second-order valence-corrected chi connectivity index (χ2v) is 5.46. The lowest BCUT2D eigenvalue weighted by Crippen LogP contribution is -2.38. The molecule has 0 heterocycles. The fourth-order valence-corrected chi connectivity index (χ4v) is 2.76. The maximum absolute atomic E-state index is 13.7. The Morgan fingerprint density at radius 3 is 2.33 bits per heavy atom. The van der Waals surface area contributed by atoms with Gasteiger partial charge in [0.15, 0.2) is 11.6 Å². The first-order valence-corrected chi connectivity index (χ1v) is 8.09.